The van der Waals surface area contributed by atoms with Crippen LogP contribution in [0.5, 0.6) is 5.75 Å². The van der Waals surface area contributed by atoms with Gasteiger partial charge in [0.2, 0.25) is 0 Å². The second-order valence-electron chi connectivity index (χ2n) is 3.82. The molecule has 2 rings (SSSR count). The SMILES string of the molecule is COc1ccc(CNc2nc[nH]c(=O)c2Cl)cc1N. The molecule has 0 unspecified atom stereocenters. The zero-order valence-corrected chi connectivity index (χ0v) is 11.0. The van der Waals surface area contributed by atoms with E-state index in [0.717, 1.165) is 5.56 Å². The molecule has 1 heterocycles. The molecule has 7 heteroatoms. The Hall–Kier alpha value is -2.21. The predicted molar refractivity (Wildman–Crippen MR) is 74.6 cm³/mol. The molecule has 0 fully saturated rings. The fraction of sp³-hybridized carbons (Fsp3) is 0.167. The molecule has 0 atom stereocenters. The highest BCUT2D eigenvalue weighted by Crippen LogP contribution is 2.22. The Labute approximate surface area is 114 Å². The summed E-state index contributed by atoms with van der Waals surface area (Å²) in [6.07, 6.45) is 1.29. The molecule has 0 aliphatic heterocycles. The van der Waals surface area contributed by atoms with Gasteiger partial charge in [-0.25, -0.2) is 4.98 Å². The summed E-state index contributed by atoms with van der Waals surface area (Å²) in [6, 6.07) is 5.43. The lowest BCUT2D eigenvalue weighted by Crippen LogP contribution is -2.11. The number of anilines is 2. The minimum atomic E-state index is -0.381. The number of nitrogen functional groups attached to an aromatic ring is 1. The van der Waals surface area contributed by atoms with E-state index in [1.807, 2.05) is 6.07 Å². The number of halogens is 1. The van der Waals surface area contributed by atoms with Gasteiger partial charge in [0.15, 0.2) is 5.82 Å². The molecule has 6 nitrogen and oxygen atoms in total. The van der Waals surface area contributed by atoms with E-state index in [1.165, 1.54) is 6.33 Å². The van der Waals surface area contributed by atoms with Crippen molar-refractivity contribution in [3.8, 4) is 5.75 Å². The van der Waals surface area contributed by atoms with E-state index in [2.05, 4.69) is 15.3 Å². The Bertz CT molecular complexity index is 642. The standard InChI is InChI=1S/C12H13ClN4O2/c1-19-9-3-2-7(4-8(9)14)5-15-11-10(13)12(18)17-6-16-11/h2-4,6H,5,14H2,1H3,(H2,15,16,17,18). The van der Waals surface area contributed by atoms with Crippen molar-refractivity contribution in [3.05, 3.63) is 45.5 Å². The lowest BCUT2D eigenvalue weighted by Gasteiger charge is -2.09. The maximum absolute atomic E-state index is 11.3. The maximum Gasteiger partial charge on any atom is 0.271 e. The first-order valence-electron chi connectivity index (χ1n) is 5.51. The lowest BCUT2D eigenvalue weighted by molar-refractivity contribution is 0.417. The third kappa shape index (κ3) is 2.97. The number of hydrogen-bond acceptors (Lipinski definition) is 5. The number of hydrogen-bond donors (Lipinski definition) is 3. The third-order valence-electron chi connectivity index (χ3n) is 2.55. The number of H-pyrrole nitrogens is 1. The van der Waals surface area contributed by atoms with Gasteiger partial charge >= 0.3 is 0 Å². The highest BCUT2D eigenvalue weighted by molar-refractivity contribution is 6.32. The van der Waals surface area contributed by atoms with Crippen molar-refractivity contribution in [1.82, 2.24) is 9.97 Å². The summed E-state index contributed by atoms with van der Waals surface area (Å²) in [6.45, 7) is 0.449. The molecule has 2 aromatic rings. The minimum Gasteiger partial charge on any atom is -0.495 e. The highest BCUT2D eigenvalue weighted by Gasteiger charge is 2.06. The molecule has 0 saturated heterocycles. The number of methoxy groups -OCH3 is 1. The summed E-state index contributed by atoms with van der Waals surface area (Å²) in [5.74, 6) is 0.955. The van der Waals surface area contributed by atoms with Gasteiger partial charge in [-0.15, -0.1) is 0 Å². The van der Waals surface area contributed by atoms with Gasteiger partial charge in [0.25, 0.3) is 5.56 Å². The van der Waals surface area contributed by atoms with Crippen molar-refractivity contribution >= 4 is 23.1 Å². The highest BCUT2D eigenvalue weighted by atomic mass is 35.5. The molecular formula is C12H13ClN4O2. The fourth-order valence-electron chi connectivity index (χ4n) is 1.59. The van der Waals surface area contributed by atoms with Crippen LogP contribution in [-0.2, 0) is 6.54 Å². The van der Waals surface area contributed by atoms with Crippen molar-refractivity contribution < 1.29 is 4.74 Å². The number of aromatic amines is 1. The van der Waals surface area contributed by atoms with Crippen LogP contribution in [0.1, 0.15) is 5.56 Å². The largest absolute Gasteiger partial charge is 0.495 e. The van der Waals surface area contributed by atoms with Gasteiger partial charge in [0, 0.05) is 6.54 Å². The zero-order chi connectivity index (χ0) is 13.8. The molecule has 1 aromatic carbocycles. The van der Waals surface area contributed by atoms with E-state index < -0.39 is 0 Å². The van der Waals surface area contributed by atoms with Crippen LogP contribution in [0.4, 0.5) is 11.5 Å². The Morgan fingerprint density at radius 1 is 1.53 bits per heavy atom. The van der Waals surface area contributed by atoms with Crippen LogP contribution >= 0.6 is 11.6 Å². The first kappa shape index (κ1) is 13.2. The predicted octanol–water partition coefficient (Wildman–Crippen LogP) is 1.63. The second-order valence-corrected chi connectivity index (χ2v) is 4.20. The Balaban J connectivity index is 2.12. The molecule has 0 aliphatic carbocycles. The van der Waals surface area contributed by atoms with Crippen LogP contribution in [0.25, 0.3) is 0 Å². The minimum absolute atomic E-state index is 0.0315. The Morgan fingerprint density at radius 2 is 2.32 bits per heavy atom. The number of nitrogens with one attached hydrogen (secondary N) is 2. The normalized spacial score (nSPS) is 10.2. The molecule has 0 amide bonds. The molecule has 1 aromatic heterocycles. The van der Waals surface area contributed by atoms with E-state index in [9.17, 15) is 4.79 Å². The average molecular weight is 281 g/mol. The van der Waals surface area contributed by atoms with Gasteiger partial charge in [-0.3, -0.25) is 4.79 Å². The van der Waals surface area contributed by atoms with Gasteiger partial charge < -0.3 is 20.8 Å². The van der Waals surface area contributed by atoms with E-state index in [4.69, 9.17) is 22.1 Å². The van der Waals surface area contributed by atoms with Crippen LogP contribution in [0, 0.1) is 0 Å². The van der Waals surface area contributed by atoms with Crippen LogP contribution in [0.3, 0.4) is 0 Å². The molecule has 19 heavy (non-hydrogen) atoms. The first-order chi connectivity index (χ1) is 9.11. The monoisotopic (exact) mass is 280 g/mol. The molecular weight excluding hydrogens is 268 g/mol. The smallest absolute Gasteiger partial charge is 0.271 e. The molecule has 0 bridgehead atoms. The summed E-state index contributed by atoms with van der Waals surface area (Å²) >= 11 is 5.82. The summed E-state index contributed by atoms with van der Waals surface area (Å²) in [5.41, 5.74) is 6.90. The number of nitrogens with zero attached hydrogens (tertiary/aromatic N) is 1. The molecule has 0 saturated carbocycles. The van der Waals surface area contributed by atoms with Gasteiger partial charge in [0.05, 0.1) is 19.1 Å². The van der Waals surface area contributed by atoms with Gasteiger partial charge in [-0.1, -0.05) is 17.7 Å². The third-order valence-corrected chi connectivity index (χ3v) is 2.90. The second kappa shape index (κ2) is 5.62. The zero-order valence-electron chi connectivity index (χ0n) is 10.2. The summed E-state index contributed by atoms with van der Waals surface area (Å²) in [5, 5.41) is 3.01. The number of benzene rings is 1. The van der Waals surface area contributed by atoms with Gasteiger partial charge in [-0.05, 0) is 17.7 Å². The molecule has 0 radical (unpaired) electrons. The van der Waals surface area contributed by atoms with E-state index in [1.54, 1.807) is 19.2 Å². The maximum atomic E-state index is 11.3. The van der Waals surface area contributed by atoms with Gasteiger partial charge in [-0.2, -0.15) is 0 Å². The summed E-state index contributed by atoms with van der Waals surface area (Å²) < 4.78 is 5.07. The first-order valence-corrected chi connectivity index (χ1v) is 5.89. The van der Waals surface area contributed by atoms with Crippen molar-refractivity contribution in [3.63, 3.8) is 0 Å². The lowest BCUT2D eigenvalue weighted by atomic mass is 10.2. The van der Waals surface area contributed by atoms with Crippen molar-refractivity contribution in [2.24, 2.45) is 0 Å². The molecule has 100 valence electrons. The van der Waals surface area contributed by atoms with E-state index in [0.29, 0.717) is 23.8 Å². The van der Waals surface area contributed by atoms with E-state index in [-0.39, 0.29) is 10.6 Å². The van der Waals surface area contributed by atoms with Crippen LogP contribution in [-0.4, -0.2) is 17.1 Å². The van der Waals surface area contributed by atoms with E-state index >= 15 is 0 Å². The van der Waals surface area contributed by atoms with Crippen molar-refractivity contribution in [1.29, 1.82) is 0 Å². The Kier molecular flexibility index (Phi) is 3.91. The fourth-order valence-corrected chi connectivity index (χ4v) is 1.76. The topological polar surface area (TPSA) is 93.0 Å². The van der Waals surface area contributed by atoms with Crippen molar-refractivity contribution in [2.75, 3.05) is 18.2 Å². The van der Waals surface area contributed by atoms with Crippen LogP contribution in [0.2, 0.25) is 5.02 Å². The quantitative estimate of drug-likeness (QED) is 0.740. The summed E-state index contributed by atoms with van der Waals surface area (Å²) in [7, 11) is 1.56. The molecule has 0 aliphatic rings. The number of rotatable bonds is 4. The number of aromatic nitrogens is 2. The van der Waals surface area contributed by atoms with Crippen LogP contribution < -0.4 is 21.3 Å². The Morgan fingerprint density at radius 3 is 3.00 bits per heavy atom. The number of nitrogens with two attached hydrogens (primary N) is 1. The number of ether oxygens (including phenoxy) is 1. The van der Waals surface area contributed by atoms with Crippen molar-refractivity contribution in [2.45, 2.75) is 6.54 Å². The molecule has 4 N–H and O–H groups in total. The van der Waals surface area contributed by atoms with Crippen LogP contribution in [0.15, 0.2) is 29.3 Å². The van der Waals surface area contributed by atoms with Gasteiger partial charge in [0.1, 0.15) is 10.8 Å². The molecule has 0 spiro atoms. The average Bonchev–Trinajstić information content (AvgIpc) is 2.40. The summed E-state index contributed by atoms with van der Waals surface area (Å²) in [4.78, 5) is 17.6.